The number of aromatic amines is 1. The lowest BCUT2D eigenvalue weighted by atomic mass is 10.1. The Balaban J connectivity index is 1.70. The topological polar surface area (TPSA) is 82.0 Å². The zero-order valence-electron chi connectivity index (χ0n) is 12.1. The molecule has 0 aliphatic carbocycles. The van der Waals surface area contributed by atoms with E-state index >= 15 is 0 Å². The first-order valence-electron chi connectivity index (χ1n) is 7.09. The van der Waals surface area contributed by atoms with Gasteiger partial charge in [0.05, 0.1) is 19.4 Å². The Kier molecular flexibility index (Phi) is 4.35. The summed E-state index contributed by atoms with van der Waals surface area (Å²) >= 11 is 0. The highest BCUT2D eigenvalue weighted by Crippen LogP contribution is 2.18. The Bertz CT molecular complexity index is 734. The van der Waals surface area contributed by atoms with Crippen molar-refractivity contribution in [3.8, 4) is 0 Å². The average Bonchev–Trinajstić information content (AvgIpc) is 3.06. The van der Waals surface area contributed by atoms with Gasteiger partial charge in [0, 0.05) is 12.5 Å². The van der Waals surface area contributed by atoms with Crippen molar-refractivity contribution in [3.63, 3.8) is 0 Å². The van der Waals surface area contributed by atoms with Gasteiger partial charge in [0.1, 0.15) is 24.5 Å². The maximum absolute atomic E-state index is 12.4. The van der Waals surface area contributed by atoms with E-state index in [2.05, 4.69) is 15.1 Å². The van der Waals surface area contributed by atoms with Crippen LogP contribution in [0.1, 0.15) is 12.2 Å². The van der Waals surface area contributed by atoms with Crippen LogP contribution in [-0.4, -0.2) is 45.7 Å². The van der Waals surface area contributed by atoms with Crippen LogP contribution in [0.25, 0.3) is 11.0 Å². The number of hydrogen-bond acceptors (Lipinski definition) is 5. The molecule has 0 bridgehead atoms. The Hall–Kier alpha value is -1.94. The number of nitrogens with zero attached hydrogens (tertiary/aromatic N) is 3. The van der Waals surface area contributed by atoms with Crippen molar-refractivity contribution in [1.82, 2.24) is 19.7 Å². The summed E-state index contributed by atoms with van der Waals surface area (Å²) in [4.78, 5) is 18.4. The second-order valence-electron chi connectivity index (χ2n) is 5.43. The minimum atomic E-state index is -4.41. The molecule has 10 heteroatoms. The quantitative estimate of drug-likeness (QED) is 0.891. The van der Waals surface area contributed by atoms with E-state index in [1.165, 1.54) is 0 Å². The molecule has 1 atom stereocenters. The second-order valence-corrected chi connectivity index (χ2v) is 5.43. The van der Waals surface area contributed by atoms with Gasteiger partial charge in [-0.05, 0) is 6.42 Å². The van der Waals surface area contributed by atoms with Gasteiger partial charge in [-0.2, -0.15) is 18.3 Å². The normalized spacial score (nSPS) is 18.8. The lowest BCUT2D eigenvalue weighted by molar-refractivity contribution is -0.142. The summed E-state index contributed by atoms with van der Waals surface area (Å²) in [6, 6.07) is 0. The summed E-state index contributed by atoms with van der Waals surface area (Å²) in [6.45, 7) is 0.651. The molecular weight excluding hydrogens is 317 g/mol. The fourth-order valence-corrected chi connectivity index (χ4v) is 2.39. The van der Waals surface area contributed by atoms with Crippen LogP contribution in [0.5, 0.6) is 0 Å². The Morgan fingerprint density at radius 3 is 3.00 bits per heavy atom. The molecule has 2 aromatic heterocycles. The van der Waals surface area contributed by atoms with Crippen molar-refractivity contribution in [2.24, 2.45) is 5.92 Å². The lowest BCUT2D eigenvalue weighted by Gasteiger charge is -2.07. The van der Waals surface area contributed by atoms with Gasteiger partial charge in [0.15, 0.2) is 5.52 Å². The highest BCUT2D eigenvalue weighted by Gasteiger charge is 2.29. The molecule has 1 N–H and O–H groups in total. The number of H-pyrrole nitrogens is 1. The predicted molar refractivity (Wildman–Crippen MR) is 72.8 cm³/mol. The maximum atomic E-state index is 12.4. The minimum Gasteiger partial charge on any atom is -0.381 e. The molecule has 1 saturated heterocycles. The summed E-state index contributed by atoms with van der Waals surface area (Å²) in [5, 5.41) is 3.62. The maximum Gasteiger partial charge on any atom is 0.408 e. The number of alkyl halides is 3. The molecule has 7 nitrogen and oxygen atoms in total. The summed E-state index contributed by atoms with van der Waals surface area (Å²) in [7, 11) is 0. The first-order valence-corrected chi connectivity index (χ1v) is 7.09. The second kappa shape index (κ2) is 6.28. The molecule has 23 heavy (non-hydrogen) atoms. The van der Waals surface area contributed by atoms with E-state index in [1.54, 1.807) is 0 Å². The molecule has 1 unspecified atom stereocenters. The number of nitrogens with one attached hydrogen (secondary N) is 1. The van der Waals surface area contributed by atoms with Crippen LogP contribution in [0.4, 0.5) is 13.2 Å². The number of hydrogen-bond donors (Lipinski definition) is 1. The van der Waals surface area contributed by atoms with E-state index in [4.69, 9.17) is 9.47 Å². The molecule has 1 aliphatic heterocycles. The number of aromatic nitrogens is 4. The SMILES string of the molecule is O=c1[nH]c(COCC2CCOC2)nc2cn(CC(F)(F)F)nc12. The van der Waals surface area contributed by atoms with Crippen molar-refractivity contribution < 1.29 is 22.6 Å². The van der Waals surface area contributed by atoms with Gasteiger partial charge in [0.25, 0.3) is 5.56 Å². The third kappa shape index (κ3) is 4.08. The third-order valence-electron chi connectivity index (χ3n) is 3.43. The molecule has 1 fully saturated rings. The average molecular weight is 332 g/mol. The molecule has 3 heterocycles. The van der Waals surface area contributed by atoms with Gasteiger partial charge < -0.3 is 14.5 Å². The summed E-state index contributed by atoms with van der Waals surface area (Å²) in [6.07, 6.45) is -2.39. The smallest absolute Gasteiger partial charge is 0.381 e. The van der Waals surface area contributed by atoms with Gasteiger partial charge in [0.2, 0.25) is 0 Å². The molecule has 0 spiro atoms. The van der Waals surface area contributed by atoms with Crippen molar-refractivity contribution in [3.05, 3.63) is 22.4 Å². The highest BCUT2D eigenvalue weighted by molar-refractivity contribution is 5.71. The van der Waals surface area contributed by atoms with Crippen LogP contribution >= 0.6 is 0 Å². The molecular formula is C13H15F3N4O3. The Labute approximate surface area is 128 Å². The molecule has 0 amide bonds. The largest absolute Gasteiger partial charge is 0.408 e. The van der Waals surface area contributed by atoms with Gasteiger partial charge in [-0.1, -0.05) is 0 Å². The van der Waals surface area contributed by atoms with E-state index < -0.39 is 18.3 Å². The molecule has 0 saturated carbocycles. The van der Waals surface area contributed by atoms with Crippen LogP contribution < -0.4 is 5.56 Å². The van der Waals surface area contributed by atoms with Crippen LogP contribution in [0, 0.1) is 5.92 Å². The number of rotatable bonds is 5. The molecule has 0 radical (unpaired) electrons. The van der Waals surface area contributed by atoms with Gasteiger partial charge in [-0.25, -0.2) is 4.98 Å². The van der Waals surface area contributed by atoms with E-state index in [1.807, 2.05) is 0 Å². The number of fused-ring (bicyclic) bond motifs is 1. The van der Waals surface area contributed by atoms with Gasteiger partial charge >= 0.3 is 6.18 Å². The Morgan fingerprint density at radius 2 is 2.30 bits per heavy atom. The zero-order valence-corrected chi connectivity index (χ0v) is 12.1. The van der Waals surface area contributed by atoms with Crippen molar-refractivity contribution >= 4 is 11.0 Å². The van der Waals surface area contributed by atoms with Crippen molar-refractivity contribution in [1.29, 1.82) is 0 Å². The lowest BCUT2D eigenvalue weighted by Crippen LogP contribution is -2.18. The molecule has 1 aliphatic rings. The van der Waals surface area contributed by atoms with Crippen LogP contribution in [0.2, 0.25) is 0 Å². The fourth-order valence-electron chi connectivity index (χ4n) is 2.39. The van der Waals surface area contributed by atoms with Gasteiger partial charge in [-0.15, -0.1) is 0 Å². The third-order valence-corrected chi connectivity index (χ3v) is 3.43. The highest BCUT2D eigenvalue weighted by atomic mass is 19.4. The van der Waals surface area contributed by atoms with Crippen molar-refractivity contribution in [2.45, 2.75) is 25.7 Å². The van der Waals surface area contributed by atoms with E-state index in [0.29, 0.717) is 30.4 Å². The summed E-state index contributed by atoms with van der Waals surface area (Å²) in [5.74, 6) is 0.577. The van der Waals surface area contributed by atoms with Crippen LogP contribution in [0.15, 0.2) is 11.0 Å². The van der Waals surface area contributed by atoms with Gasteiger partial charge in [-0.3, -0.25) is 9.48 Å². The number of ether oxygens (including phenoxy) is 2. The fraction of sp³-hybridized carbons (Fsp3) is 0.615. The van der Waals surface area contributed by atoms with Crippen LogP contribution in [-0.2, 0) is 22.6 Å². The summed E-state index contributed by atoms with van der Waals surface area (Å²) < 4.78 is 48.5. The first-order chi connectivity index (χ1) is 10.9. The molecule has 2 aromatic rings. The van der Waals surface area contributed by atoms with E-state index in [9.17, 15) is 18.0 Å². The Morgan fingerprint density at radius 1 is 1.48 bits per heavy atom. The molecule has 3 rings (SSSR count). The van der Waals surface area contributed by atoms with Crippen LogP contribution in [0.3, 0.4) is 0 Å². The number of halogens is 3. The molecule has 0 aromatic carbocycles. The monoisotopic (exact) mass is 332 g/mol. The molecule has 126 valence electrons. The van der Waals surface area contributed by atoms with E-state index in [-0.39, 0.29) is 23.5 Å². The standard InChI is InChI=1S/C13H15F3N4O3/c14-13(15,16)7-20-3-9-11(19-20)12(21)18-10(17-9)6-23-5-8-1-2-22-4-8/h3,8H,1-2,4-7H2,(H,17,18,21). The zero-order chi connectivity index (χ0) is 16.4. The minimum absolute atomic E-state index is 0.0755. The van der Waals surface area contributed by atoms with Crippen molar-refractivity contribution in [2.75, 3.05) is 19.8 Å². The first kappa shape index (κ1) is 15.9. The van der Waals surface area contributed by atoms with E-state index in [0.717, 1.165) is 12.6 Å². The predicted octanol–water partition coefficient (Wildman–Crippen LogP) is 1.23. The summed E-state index contributed by atoms with van der Waals surface area (Å²) in [5.41, 5.74) is -0.596.